The van der Waals surface area contributed by atoms with Crippen molar-refractivity contribution in [1.82, 2.24) is 4.90 Å². The van der Waals surface area contributed by atoms with Crippen molar-refractivity contribution in [3.63, 3.8) is 0 Å². The van der Waals surface area contributed by atoms with Gasteiger partial charge in [-0.05, 0) is 35.1 Å². The molecule has 1 heterocycles. The van der Waals surface area contributed by atoms with Crippen molar-refractivity contribution in [2.24, 2.45) is 5.73 Å². The van der Waals surface area contributed by atoms with Gasteiger partial charge >= 0.3 is 0 Å². The summed E-state index contributed by atoms with van der Waals surface area (Å²) in [5.74, 6) is 2.50. The van der Waals surface area contributed by atoms with E-state index in [-0.39, 0.29) is 0 Å². The van der Waals surface area contributed by atoms with E-state index in [0.29, 0.717) is 12.6 Å². The molecule has 20 heavy (non-hydrogen) atoms. The third-order valence-electron chi connectivity index (χ3n) is 4.10. The Kier molecular flexibility index (Phi) is 4.61. The molecule has 0 radical (unpaired) electrons. The molecule has 0 aromatic heterocycles. The lowest BCUT2D eigenvalue weighted by atomic mass is 9.97. The second-order valence-electron chi connectivity index (χ2n) is 5.32. The van der Waals surface area contributed by atoms with Gasteiger partial charge in [0.2, 0.25) is 0 Å². The zero-order valence-electron chi connectivity index (χ0n) is 11.8. The molecule has 1 unspecified atom stereocenters. The van der Waals surface area contributed by atoms with Crippen LogP contribution >= 0.6 is 11.8 Å². The summed E-state index contributed by atoms with van der Waals surface area (Å²) < 4.78 is 0. The van der Waals surface area contributed by atoms with E-state index < -0.39 is 0 Å². The molecular weight excluding hydrogens is 264 g/mol. The number of hydrogen-bond donors (Lipinski definition) is 1. The Morgan fingerprint density at radius 2 is 1.90 bits per heavy atom. The molecule has 0 spiro atoms. The monoisotopic (exact) mass is 286 g/mol. The topological polar surface area (TPSA) is 29.3 Å². The van der Waals surface area contributed by atoms with Crippen LogP contribution < -0.4 is 5.73 Å². The Balaban J connectivity index is 1.98. The lowest BCUT2D eigenvalue weighted by Gasteiger charge is -2.30. The molecule has 3 heteroatoms. The highest BCUT2D eigenvalue weighted by Gasteiger charge is 2.21. The smallest absolute Gasteiger partial charge is 0.0476 e. The molecule has 2 aromatic carbocycles. The number of thioether (sulfide) groups is 1. The maximum Gasteiger partial charge on any atom is 0.0476 e. The Morgan fingerprint density at radius 3 is 2.80 bits per heavy atom. The van der Waals surface area contributed by atoms with Crippen LogP contribution in [-0.2, 0) is 0 Å². The van der Waals surface area contributed by atoms with Gasteiger partial charge in [0, 0.05) is 24.9 Å². The van der Waals surface area contributed by atoms with Crippen molar-refractivity contribution < 1.29 is 0 Å². The maximum absolute atomic E-state index is 6.13. The van der Waals surface area contributed by atoms with Crippen molar-refractivity contribution in [1.29, 1.82) is 0 Å². The number of nitrogens with two attached hydrogens (primary N) is 1. The van der Waals surface area contributed by atoms with E-state index in [1.54, 1.807) is 0 Å². The number of rotatable bonds is 3. The molecular formula is C17H22N2S. The largest absolute Gasteiger partial charge is 0.329 e. The minimum Gasteiger partial charge on any atom is -0.329 e. The zero-order chi connectivity index (χ0) is 13.8. The summed E-state index contributed by atoms with van der Waals surface area (Å²) in [5.41, 5.74) is 7.52. The summed E-state index contributed by atoms with van der Waals surface area (Å²) in [6, 6.07) is 15.6. The molecule has 106 valence electrons. The molecule has 0 amide bonds. The zero-order valence-corrected chi connectivity index (χ0v) is 12.6. The molecule has 1 saturated heterocycles. The van der Waals surface area contributed by atoms with Gasteiger partial charge in [0.05, 0.1) is 0 Å². The molecule has 2 aromatic rings. The Hall–Kier alpha value is -1.03. The van der Waals surface area contributed by atoms with E-state index in [1.807, 2.05) is 0 Å². The van der Waals surface area contributed by atoms with E-state index in [9.17, 15) is 0 Å². The second kappa shape index (κ2) is 6.61. The Morgan fingerprint density at radius 1 is 1.05 bits per heavy atom. The van der Waals surface area contributed by atoms with E-state index in [1.165, 1.54) is 34.3 Å². The van der Waals surface area contributed by atoms with Crippen LogP contribution in [-0.4, -0.2) is 36.0 Å². The Labute approximate surface area is 125 Å². The fourth-order valence-corrected chi connectivity index (χ4v) is 3.99. The van der Waals surface area contributed by atoms with Crippen molar-refractivity contribution in [3.05, 3.63) is 48.0 Å². The maximum atomic E-state index is 6.13. The first-order valence-corrected chi connectivity index (χ1v) is 8.55. The van der Waals surface area contributed by atoms with Gasteiger partial charge in [-0.15, -0.1) is 0 Å². The molecule has 1 aliphatic rings. The van der Waals surface area contributed by atoms with Crippen LogP contribution in [0, 0.1) is 0 Å². The summed E-state index contributed by atoms with van der Waals surface area (Å²) in [4.78, 5) is 2.57. The van der Waals surface area contributed by atoms with Gasteiger partial charge in [0.25, 0.3) is 0 Å². The standard InChI is InChI=1S/C17H22N2S/c18-13-17(19-9-4-11-20-12-10-19)16-8-3-6-14-5-1-2-7-15(14)16/h1-3,5-8,17H,4,9-13,18H2. The van der Waals surface area contributed by atoms with Crippen LogP contribution in [0.25, 0.3) is 10.8 Å². The number of fused-ring (bicyclic) bond motifs is 1. The van der Waals surface area contributed by atoms with Crippen molar-refractivity contribution in [2.45, 2.75) is 12.5 Å². The van der Waals surface area contributed by atoms with Gasteiger partial charge in [-0.1, -0.05) is 42.5 Å². The predicted molar refractivity (Wildman–Crippen MR) is 89.3 cm³/mol. The predicted octanol–water partition coefficient (Wildman–Crippen LogP) is 3.28. The van der Waals surface area contributed by atoms with Crippen LogP contribution in [0.1, 0.15) is 18.0 Å². The normalized spacial score (nSPS) is 18.9. The summed E-state index contributed by atoms with van der Waals surface area (Å²) >= 11 is 2.06. The lowest BCUT2D eigenvalue weighted by Crippen LogP contribution is -2.35. The van der Waals surface area contributed by atoms with Gasteiger partial charge in [-0.3, -0.25) is 4.90 Å². The third kappa shape index (κ3) is 2.85. The summed E-state index contributed by atoms with van der Waals surface area (Å²) in [5, 5.41) is 2.66. The summed E-state index contributed by atoms with van der Waals surface area (Å²) in [6.45, 7) is 3.01. The van der Waals surface area contributed by atoms with E-state index in [0.717, 1.165) is 13.1 Å². The average molecular weight is 286 g/mol. The minimum atomic E-state index is 0.347. The highest BCUT2D eigenvalue weighted by atomic mass is 32.2. The second-order valence-corrected chi connectivity index (χ2v) is 6.55. The molecule has 0 bridgehead atoms. The molecule has 0 saturated carbocycles. The van der Waals surface area contributed by atoms with Crippen molar-refractivity contribution >= 4 is 22.5 Å². The highest BCUT2D eigenvalue weighted by Crippen LogP contribution is 2.29. The highest BCUT2D eigenvalue weighted by molar-refractivity contribution is 7.99. The first-order chi connectivity index (χ1) is 9.90. The molecule has 1 fully saturated rings. The molecule has 3 rings (SSSR count). The van der Waals surface area contributed by atoms with Gasteiger partial charge in [-0.25, -0.2) is 0 Å². The van der Waals surface area contributed by atoms with Crippen LogP contribution in [0.2, 0.25) is 0 Å². The first kappa shape index (κ1) is 13.9. The van der Waals surface area contributed by atoms with E-state index in [4.69, 9.17) is 5.73 Å². The van der Waals surface area contributed by atoms with E-state index >= 15 is 0 Å². The lowest BCUT2D eigenvalue weighted by molar-refractivity contribution is 0.219. The molecule has 0 aliphatic carbocycles. The van der Waals surface area contributed by atoms with Gasteiger partial charge in [-0.2, -0.15) is 11.8 Å². The van der Waals surface area contributed by atoms with Crippen LogP contribution in [0.5, 0.6) is 0 Å². The fourth-order valence-electron chi connectivity index (χ4n) is 3.09. The number of benzene rings is 2. The fraction of sp³-hybridized carbons (Fsp3) is 0.412. The average Bonchev–Trinajstić information content (AvgIpc) is 2.78. The van der Waals surface area contributed by atoms with Gasteiger partial charge in [0.15, 0.2) is 0 Å². The molecule has 1 atom stereocenters. The minimum absolute atomic E-state index is 0.347. The third-order valence-corrected chi connectivity index (χ3v) is 5.15. The van der Waals surface area contributed by atoms with Crippen LogP contribution in [0.4, 0.5) is 0 Å². The van der Waals surface area contributed by atoms with Crippen molar-refractivity contribution in [2.75, 3.05) is 31.1 Å². The SMILES string of the molecule is NCC(c1cccc2ccccc12)N1CCCSCC1. The van der Waals surface area contributed by atoms with Gasteiger partial charge in [0.1, 0.15) is 0 Å². The van der Waals surface area contributed by atoms with E-state index in [2.05, 4.69) is 59.1 Å². The summed E-state index contributed by atoms with van der Waals surface area (Å²) in [6.07, 6.45) is 1.27. The number of nitrogens with zero attached hydrogens (tertiary/aromatic N) is 1. The van der Waals surface area contributed by atoms with Gasteiger partial charge < -0.3 is 5.73 Å². The summed E-state index contributed by atoms with van der Waals surface area (Å²) in [7, 11) is 0. The molecule has 1 aliphatic heterocycles. The first-order valence-electron chi connectivity index (χ1n) is 7.39. The van der Waals surface area contributed by atoms with Crippen LogP contribution in [0.3, 0.4) is 0 Å². The van der Waals surface area contributed by atoms with Crippen molar-refractivity contribution in [3.8, 4) is 0 Å². The number of hydrogen-bond acceptors (Lipinski definition) is 3. The Bertz CT molecular complexity index is 556. The van der Waals surface area contributed by atoms with Crippen LogP contribution in [0.15, 0.2) is 42.5 Å². The molecule has 2 N–H and O–H groups in total. The molecule has 2 nitrogen and oxygen atoms in total. The quantitative estimate of drug-likeness (QED) is 0.939.